The number of allylic oxidation sites excluding steroid dienone is 2. The Labute approximate surface area is 114 Å². The molecule has 1 aromatic heterocycles. The maximum Gasteiger partial charge on any atom is 0.340 e. The third kappa shape index (κ3) is 1.75. The Balaban J connectivity index is 2.81. The summed E-state index contributed by atoms with van der Waals surface area (Å²) in [5.41, 5.74) is -0.00389. The van der Waals surface area contributed by atoms with Gasteiger partial charge < -0.3 is 19.1 Å². The molecule has 0 spiro atoms. The fraction of sp³-hybridized carbons (Fsp3) is 0.308. The number of fused-ring (bicyclic) bond motifs is 1. The molecule has 0 atom stereocenters. The summed E-state index contributed by atoms with van der Waals surface area (Å²) >= 11 is 0. The molecule has 0 aliphatic heterocycles. The molecule has 0 saturated carbocycles. The molecule has 1 aromatic rings. The highest BCUT2D eigenvalue weighted by Crippen LogP contribution is 2.30. The molecule has 2 rings (SSSR count). The number of nitrogens with zero attached hydrogens (tertiary/aromatic N) is 1. The topological polar surface area (TPSA) is 94.8 Å². The molecule has 0 radical (unpaired) electrons. The van der Waals surface area contributed by atoms with Gasteiger partial charge in [-0.1, -0.05) is 0 Å². The van der Waals surface area contributed by atoms with E-state index in [4.69, 9.17) is 4.74 Å². The second-order valence-corrected chi connectivity index (χ2v) is 4.16. The molecular weight excluding hydrogens is 266 g/mol. The second kappa shape index (κ2) is 4.93. The maximum absolute atomic E-state index is 12.3. The highest BCUT2D eigenvalue weighted by Gasteiger charge is 2.37. The first-order valence-electron chi connectivity index (χ1n) is 5.73. The fourth-order valence-electron chi connectivity index (χ4n) is 2.28. The van der Waals surface area contributed by atoms with Crippen molar-refractivity contribution in [1.29, 1.82) is 0 Å². The van der Waals surface area contributed by atoms with Gasteiger partial charge in [-0.2, -0.15) is 0 Å². The van der Waals surface area contributed by atoms with Crippen molar-refractivity contribution < 1.29 is 29.0 Å². The van der Waals surface area contributed by atoms with Crippen LogP contribution in [0.1, 0.15) is 36.9 Å². The Bertz CT molecular complexity index is 652. The molecule has 1 heterocycles. The zero-order chi connectivity index (χ0) is 15.0. The average molecular weight is 279 g/mol. The smallest absolute Gasteiger partial charge is 0.340 e. The number of carbonyl (C=O) groups excluding carboxylic acids is 3. The van der Waals surface area contributed by atoms with Gasteiger partial charge in [0.25, 0.3) is 0 Å². The minimum absolute atomic E-state index is 0.0419. The van der Waals surface area contributed by atoms with Crippen molar-refractivity contribution >= 4 is 17.5 Å². The lowest BCUT2D eigenvalue weighted by atomic mass is 9.96. The number of rotatable bonds is 3. The van der Waals surface area contributed by atoms with E-state index in [1.54, 1.807) is 0 Å². The van der Waals surface area contributed by atoms with E-state index < -0.39 is 24.1 Å². The summed E-state index contributed by atoms with van der Waals surface area (Å²) in [6.07, 6.45) is 1.06. The number of Topliss-reactive ketones (excluding diaryl/α,β-unsaturated/α-hetero) is 1. The van der Waals surface area contributed by atoms with Crippen LogP contribution in [0.15, 0.2) is 11.8 Å². The maximum atomic E-state index is 12.3. The lowest BCUT2D eigenvalue weighted by molar-refractivity contribution is 0.0593. The third-order valence-electron chi connectivity index (χ3n) is 3.22. The minimum Gasteiger partial charge on any atom is -0.492 e. The van der Waals surface area contributed by atoms with Gasteiger partial charge in [-0.25, -0.2) is 4.79 Å². The number of hydrogen-bond acceptors (Lipinski definition) is 6. The van der Waals surface area contributed by atoms with Crippen LogP contribution in [0.2, 0.25) is 0 Å². The molecule has 0 unspecified atom stereocenters. The molecule has 0 saturated heterocycles. The SMILES string of the molecule is COC(=O)c1c2c(n(C)c1CO)C(=O)C=C(OC)C2=O. The predicted molar refractivity (Wildman–Crippen MR) is 66.4 cm³/mol. The summed E-state index contributed by atoms with van der Waals surface area (Å²) in [4.78, 5) is 36.2. The molecule has 7 nitrogen and oxygen atoms in total. The molecule has 20 heavy (non-hydrogen) atoms. The molecule has 0 amide bonds. The van der Waals surface area contributed by atoms with E-state index in [2.05, 4.69) is 4.74 Å². The van der Waals surface area contributed by atoms with E-state index in [1.165, 1.54) is 18.7 Å². The summed E-state index contributed by atoms with van der Waals surface area (Å²) in [6.45, 7) is -0.503. The Kier molecular flexibility index (Phi) is 3.46. The number of aliphatic hydroxyl groups excluding tert-OH is 1. The van der Waals surface area contributed by atoms with Gasteiger partial charge in [0.2, 0.25) is 11.6 Å². The number of ether oxygens (including phenoxy) is 2. The molecule has 1 N–H and O–H groups in total. The van der Waals surface area contributed by atoms with Gasteiger partial charge in [0.05, 0.1) is 37.6 Å². The van der Waals surface area contributed by atoms with E-state index in [1.807, 2.05) is 0 Å². The first-order chi connectivity index (χ1) is 9.47. The van der Waals surface area contributed by atoms with Crippen molar-refractivity contribution in [3.05, 3.63) is 34.3 Å². The quantitative estimate of drug-likeness (QED) is 0.795. The number of aliphatic hydroxyl groups is 1. The molecule has 1 aliphatic carbocycles. The summed E-state index contributed by atoms with van der Waals surface area (Å²) in [5, 5.41) is 9.39. The molecule has 1 aliphatic rings. The highest BCUT2D eigenvalue weighted by molar-refractivity contribution is 6.26. The van der Waals surface area contributed by atoms with E-state index in [-0.39, 0.29) is 28.3 Å². The Morgan fingerprint density at radius 1 is 1.35 bits per heavy atom. The average Bonchev–Trinajstić information content (AvgIpc) is 2.75. The molecule has 0 fully saturated rings. The standard InChI is InChI=1S/C13H13NO6/c1-14-6(5-15)9(13(18)20-3)10-11(14)7(16)4-8(19-2)12(10)17/h4,15H,5H2,1-3H3. The van der Waals surface area contributed by atoms with Gasteiger partial charge >= 0.3 is 5.97 Å². The van der Waals surface area contributed by atoms with Gasteiger partial charge in [0.1, 0.15) is 5.69 Å². The number of aromatic nitrogens is 1. The van der Waals surface area contributed by atoms with Gasteiger partial charge in [-0.15, -0.1) is 0 Å². The van der Waals surface area contributed by atoms with Crippen molar-refractivity contribution in [2.75, 3.05) is 14.2 Å². The summed E-state index contributed by atoms with van der Waals surface area (Å²) < 4.78 is 10.8. The zero-order valence-corrected chi connectivity index (χ0v) is 11.2. The van der Waals surface area contributed by atoms with Crippen molar-refractivity contribution in [2.45, 2.75) is 6.61 Å². The van der Waals surface area contributed by atoms with Gasteiger partial charge in [0.15, 0.2) is 5.76 Å². The summed E-state index contributed by atoms with van der Waals surface area (Å²) in [7, 11) is 3.91. The minimum atomic E-state index is -0.788. The second-order valence-electron chi connectivity index (χ2n) is 4.16. The monoisotopic (exact) mass is 279 g/mol. The number of esters is 1. The highest BCUT2D eigenvalue weighted by atomic mass is 16.5. The normalized spacial score (nSPS) is 13.9. The van der Waals surface area contributed by atoms with Gasteiger partial charge in [-0.3, -0.25) is 9.59 Å². The largest absolute Gasteiger partial charge is 0.492 e. The van der Waals surface area contributed by atoms with Crippen molar-refractivity contribution in [3.8, 4) is 0 Å². The van der Waals surface area contributed by atoms with Crippen LogP contribution in [0.25, 0.3) is 0 Å². The number of carbonyl (C=O) groups is 3. The van der Waals surface area contributed by atoms with Crippen LogP contribution in [0.3, 0.4) is 0 Å². The number of ketones is 2. The first-order valence-corrected chi connectivity index (χ1v) is 5.73. The van der Waals surface area contributed by atoms with E-state index in [9.17, 15) is 19.5 Å². The van der Waals surface area contributed by atoms with E-state index in [0.717, 1.165) is 13.2 Å². The first kappa shape index (κ1) is 14.0. The van der Waals surface area contributed by atoms with Crippen LogP contribution >= 0.6 is 0 Å². The lowest BCUT2D eigenvalue weighted by Crippen LogP contribution is -2.21. The molecule has 0 bridgehead atoms. The van der Waals surface area contributed by atoms with E-state index >= 15 is 0 Å². The van der Waals surface area contributed by atoms with Crippen LogP contribution in [0, 0.1) is 0 Å². The van der Waals surface area contributed by atoms with Gasteiger partial charge in [-0.05, 0) is 0 Å². The molecular formula is C13H13NO6. The van der Waals surface area contributed by atoms with Crippen LogP contribution < -0.4 is 0 Å². The molecule has 7 heteroatoms. The number of hydrogen-bond donors (Lipinski definition) is 1. The van der Waals surface area contributed by atoms with Crippen molar-refractivity contribution in [3.63, 3.8) is 0 Å². The number of methoxy groups -OCH3 is 2. The summed E-state index contributed by atoms with van der Waals surface area (Å²) in [5.74, 6) is -1.99. The van der Waals surface area contributed by atoms with Crippen LogP contribution in [0.4, 0.5) is 0 Å². The lowest BCUT2D eigenvalue weighted by Gasteiger charge is -2.12. The Morgan fingerprint density at radius 3 is 2.50 bits per heavy atom. The summed E-state index contributed by atoms with van der Waals surface area (Å²) in [6, 6.07) is 0. The van der Waals surface area contributed by atoms with Crippen LogP contribution in [-0.4, -0.2) is 41.4 Å². The van der Waals surface area contributed by atoms with Gasteiger partial charge in [0, 0.05) is 13.1 Å². The predicted octanol–water partition coefficient (Wildman–Crippen LogP) is 0.213. The van der Waals surface area contributed by atoms with Crippen LogP contribution in [0.5, 0.6) is 0 Å². The molecule has 106 valence electrons. The Morgan fingerprint density at radius 2 is 2.00 bits per heavy atom. The van der Waals surface area contributed by atoms with Crippen LogP contribution in [-0.2, 0) is 23.1 Å². The third-order valence-corrected chi connectivity index (χ3v) is 3.22. The van der Waals surface area contributed by atoms with E-state index in [0.29, 0.717) is 0 Å². The fourth-order valence-corrected chi connectivity index (χ4v) is 2.28. The molecule has 0 aromatic carbocycles. The van der Waals surface area contributed by atoms with Crippen molar-refractivity contribution in [2.24, 2.45) is 7.05 Å². The zero-order valence-electron chi connectivity index (χ0n) is 11.2. The van der Waals surface area contributed by atoms with Crippen molar-refractivity contribution in [1.82, 2.24) is 4.57 Å². The Hall–Kier alpha value is -2.41.